The Hall–Kier alpha value is -5.81. The normalized spacial score (nSPS) is 10.9. The molecule has 42 heavy (non-hydrogen) atoms. The average molecular weight is 540 g/mol. The fourth-order valence-corrected chi connectivity index (χ4v) is 4.95. The van der Waals surface area contributed by atoms with Gasteiger partial charge in [-0.25, -0.2) is 4.98 Å². The maximum atomic E-state index is 4.87. The molecular formula is C37H25N5. The lowest BCUT2D eigenvalue weighted by molar-refractivity contribution is 1.25. The molecule has 0 amide bonds. The van der Waals surface area contributed by atoms with Crippen LogP contribution >= 0.6 is 0 Å². The summed E-state index contributed by atoms with van der Waals surface area (Å²) in [6, 6.07) is 40.9. The zero-order chi connectivity index (χ0) is 28.1. The van der Waals surface area contributed by atoms with Crippen LogP contribution in [0.5, 0.6) is 0 Å². The molecule has 198 valence electrons. The Bertz CT molecular complexity index is 1940. The topological polar surface area (TPSA) is 64.5 Å². The molecule has 0 aliphatic rings. The third kappa shape index (κ3) is 5.31. The van der Waals surface area contributed by atoms with Crippen LogP contribution in [-0.2, 0) is 0 Å². The van der Waals surface area contributed by atoms with Gasteiger partial charge in [-0.2, -0.15) is 0 Å². The van der Waals surface area contributed by atoms with Gasteiger partial charge in [-0.3, -0.25) is 19.9 Å². The second-order valence-corrected chi connectivity index (χ2v) is 9.89. The average Bonchev–Trinajstić information content (AvgIpc) is 3.09. The first-order valence-corrected chi connectivity index (χ1v) is 13.7. The van der Waals surface area contributed by atoms with Crippen LogP contribution in [0.2, 0.25) is 0 Å². The number of hydrogen-bond acceptors (Lipinski definition) is 5. The predicted molar refractivity (Wildman–Crippen MR) is 168 cm³/mol. The highest BCUT2D eigenvalue weighted by Gasteiger charge is 2.11. The van der Waals surface area contributed by atoms with Crippen molar-refractivity contribution in [1.29, 1.82) is 0 Å². The Morgan fingerprint density at radius 1 is 0.310 bits per heavy atom. The van der Waals surface area contributed by atoms with Crippen molar-refractivity contribution in [2.24, 2.45) is 0 Å². The minimum atomic E-state index is 0.828. The van der Waals surface area contributed by atoms with E-state index < -0.39 is 0 Å². The second kappa shape index (κ2) is 11.4. The summed E-state index contributed by atoms with van der Waals surface area (Å²) in [6.07, 6.45) is 9.28. The van der Waals surface area contributed by atoms with E-state index in [0.29, 0.717) is 0 Å². The van der Waals surface area contributed by atoms with E-state index in [-0.39, 0.29) is 0 Å². The lowest BCUT2D eigenvalue weighted by Gasteiger charge is -2.12. The van der Waals surface area contributed by atoms with E-state index in [9.17, 15) is 0 Å². The lowest BCUT2D eigenvalue weighted by Crippen LogP contribution is -1.92. The van der Waals surface area contributed by atoms with Crippen molar-refractivity contribution in [2.45, 2.75) is 0 Å². The van der Waals surface area contributed by atoms with Gasteiger partial charge in [-0.15, -0.1) is 0 Å². The molecule has 5 nitrogen and oxygen atoms in total. The molecule has 0 aliphatic carbocycles. The molecule has 0 saturated heterocycles. The molecule has 0 spiro atoms. The van der Waals surface area contributed by atoms with Crippen LogP contribution in [0.15, 0.2) is 152 Å². The van der Waals surface area contributed by atoms with Crippen molar-refractivity contribution in [3.05, 3.63) is 152 Å². The van der Waals surface area contributed by atoms with Crippen molar-refractivity contribution in [3.8, 4) is 67.4 Å². The molecule has 0 N–H and O–H groups in total. The summed E-state index contributed by atoms with van der Waals surface area (Å²) in [5.41, 5.74) is 11.6. The van der Waals surface area contributed by atoms with Gasteiger partial charge >= 0.3 is 0 Å². The number of nitrogens with zero attached hydrogens (tertiary/aromatic N) is 5. The maximum Gasteiger partial charge on any atom is 0.0893 e. The van der Waals surface area contributed by atoms with Gasteiger partial charge in [0.25, 0.3) is 0 Å². The summed E-state index contributed by atoms with van der Waals surface area (Å²) in [4.78, 5) is 23.2. The Labute approximate surface area is 244 Å². The highest BCUT2D eigenvalue weighted by molar-refractivity contribution is 5.81. The van der Waals surface area contributed by atoms with Gasteiger partial charge in [0, 0.05) is 53.2 Å². The first-order chi connectivity index (χ1) is 20.8. The monoisotopic (exact) mass is 539 g/mol. The highest BCUT2D eigenvalue weighted by atomic mass is 14.8. The summed E-state index contributed by atoms with van der Waals surface area (Å²) >= 11 is 0. The van der Waals surface area contributed by atoms with E-state index in [1.807, 2.05) is 91.4 Å². The maximum absolute atomic E-state index is 4.87. The molecule has 2 aromatic carbocycles. The Morgan fingerprint density at radius 3 is 1.48 bits per heavy atom. The fourth-order valence-electron chi connectivity index (χ4n) is 4.95. The molecule has 0 saturated carbocycles. The fraction of sp³-hybridized carbons (Fsp3) is 0. The summed E-state index contributed by atoms with van der Waals surface area (Å²) in [6.45, 7) is 0. The van der Waals surface area contributed by atoms with Crippen LogP contribution in [0.1, 0.15) is 0 Å². The van der Waals surface area contributed by atoms with Crippen molar-refractivity contribution < 1.29 is 0 Å². The Balaban J connectivity index is 1.25. The number of rotatable bonds is 6. The Morgan fingerprint density at radius 2 is 0.881 bits per heavy atom. The van der Waals surface area contributed by atoms with E-state index in [4.69, 9.17) is 15.0 Å². The van der Waals surface area contributed by atoms with E-state index in [2.05, 4.69) is 58.5 Å². The Kier molecular flexibility index (Phi) is 6.81. The van der Waals surface area contributed by atoms with Gasteiger partial charge < -0.3 is 0 Å². The smallest absolute Gasteiger partial charge is 0.0893 e. The third-order valence-corrected chi connectivity index (χ3v) is 7.13. The van der Waals surface area contributed by atoms with Crippen molar-refractivity contribution in [1.82, 2.24) is 24.9 Å². The second-order valence-electron chi connectivity index (χ2n) is 9.89. The summed E-state index contributed by atoms with van der Waals surface area (Å²) in [5.74, 6) is 0. The highest BCUT2D eigenvalue weighted by Crippen LogP contribution is 2.33. The molecule has 0 radical (unpaired) electrons. The molecule has 0 unspecified atom stereocenters. The first-order valence-electron chi connectivity index (χ1n) is 13.7. The van der Waals surface area contributed by atoms with Crippen LogP contribution in [-0.4, -0.2) is 24.9 Å². The molecule has 5 aromatic heterocycles. The van der Waals surface area contributed by atoms with E-state index in [0.717, 1.165) is 67.4 Å². The first kappa shape index (κ1) is 25.2. The molecule has 5 heteroatoms. The van der Waals surface area contributed by atoms with Crippen LogP contribution in [0.3, 0.4) is 0 Å². The van der Waals surface area contributed by atoms with E-state index >= 15 is 0 Å². The van der Waals surface area contributed by atoms with Crippen LogP contribution in [0, 0.1) is 0 Å². The molecule has 7 rings (SSSR count). The van der Waals surface area contributed by atoms with Gasteiger partial charge in [0.2, 0.25) is 0 Å². The molecule has 0 fully saturated rings. The van der Waals surface area contributed by atoms with Crippen LogP contribution in [0.25, 0.3) is 67.4 Å². The molecule has 5 heterocycles. The zero-order valence-corrected chi connectivity index (χ0v) is 22.7. The lowest BCUT2D eigenvalue weighted by atomic mass is 9.94. The number of hydrogen-bond donors (Lipinski definition) is 0. The van der Waals surface area contributed by atoms with Crippen LogP contribution < -0.4 is 0 Å². The summed E-state index contributed by atoms with van der Waals surface area (Å²) in [5, 5.41) is 0. The van der Waals surface area contributed by atoms with E-state index in [1.54, 1.807) is 12.4 Å². The predicted octanol–water partition coefficient (Wildman–Crippen LogP) is 8.66. The summed E-state index contributed by atoms with van der Waals surface area (Å²) < 4.78 is 0. The summed E-state index contributed by atoms with van der Waals surface area (Å²) in [7, 11) is 0. The van der Waals surface area contributed by atoms with Crippen molar-refractivity contribution >= 4 is 0 Å². The van der Waals surface area contributed by atoms with Gasteiger partial charge in [0.1, 0.15) is 0 Å². The van der Waals surface area contributed by atoms with Gasteiger partial charge in [-0.1, -0.05) is 60.7 Å². The molecular weight excluding hydrogens is 514 g/mol. The molecule has 7 aromatic rings. The van der Waals surface area contributed by atoms with Crippen LogP contribution in [0.4, 0.5) is 0 Å². The molecule has 0 bridgehead atoms. The minimum Gasteiger partial charge on any atom is -0.264 e. The van der Waals surface area contributed by atoms with Crippen molar-refractivity contribution in [3.63, 3.8) is 0 Å². The van der Waals surface area contributed by atoms with Gasteiger partial charge in [0.05, 0.1) is 28.5 Å². The number of aromatic nitrogens is 5. The van der Waals surface area contributed by atoms with Crippen molar-refractivity contribution in [2.75, 3.05) is 0 Å². The number of benzene rings is 2. The number of pyridine rings is 5. The zero-order valence-electron chi connectivity index (χ0n) is 22.7. The third-order valence-electron chi connectivity index (χ3n) is 7.13. The SMILES string of the molecule is c1ccc(-c2cccc(-c3ccc(-c4cc(-c5cccnc5)cc(-c5ccc(-c6ccccn6)nc5)c4)cn3)n2)cc1. The largest absolute Gasteiger partial charge is 0.264 e. The van der Waals surface area contributed by atoms with E-state index in [1.165, 1.54) is 0 Å². The van der Waals surface area contributed by atoms with Gasteiger partial charge in [0.15, 0.2) is 0 Å². The van der Waals surface area contributed by atoms with Gasteiger partial charge in [-0.05, 0) is 77.4 Å². The molecule has 0 aliphatic heterocycles. The standard InChI is InChI=1S/C37H25N5/c1-2-8-26(9-3-1)33-12-6-13-37(42-33)36-17-15-29(25-41-36)32-21-30(27-10-7-18-38-23-27)20-31(22-32)28-14-16-35(40-24-28)34-11-4-5-19-39-34/h1-25H. The molecule has 0 atom stereocenters. The minimum absolute atomic E-state index is 0.828. The quantitative estimate of drug-likeness (QED) is 0.212.